The van der Waals surface area contributed by atoms with Crippen molar-refractivity contribution in [3.63, 3.8) is 0 Å². The minimum absolute atomic E-state index is 0.155. The molecule has 0 saturated carbocycles. The molecule has 3 heterocycles. The number of aromatic nitrogens is 1. The average molecular weight is 607 g/mol. The predicted molar refractivity (Wildman–Crippen MR) is 197 cm³/mol. The third-order valence-corrected chi connectivity index (χ3v) is 11.3. The Balaban J connectivity index is 1.35. The van der Waals surface area contributed by atoms with Gasteiger partial charge in [-0.15, -0.1) is 11.3 Å². The van der Waals surface area contributed by atoms with Gasteiger partial charge in [-0.2, -0.15) is 0 Å². The van der Waals surface area contributed by atoms with E-state index in [0.29, 0.717) is 0 Å². The Labute approximate surface area is 271 Å². The second-order valence-corrected chi connectivity index (χ2v) is 13.8. The van der Waals surface area contributed by atoms with Crippen LogP contribution in [-0.4, -0.2) is 10.1 Å². The number of anilines is 2. The first kappa shape index (κ1) is 25.9. The van der Waals surface area contributed by atoms with Gasteiger partial charge >= 0.3 is 0 Å². The van der Waals surface area contributed by atoms with Gasteiger partial charge < -0.3 is 9.47 Å². The summed E-state index contributed by atoms with van der Waals surface area (Å²) in [5.41, 5.74) is 10.0. The smallest absolute Gasteiger partial charge is 0.0718 e. The number of hydrogen-bond acceptors (Lipinski definition) is 2. The highest BCUT2D eigenvalue weighted by atomic mass is 32.1. The molecule has 46 heavy (non-hydrogen) atoms. The number of fused-ring (bicyclic) bond motifs is 10. The Hall–Kier alpha value is -5.38. The molecule has 2 nitrogen and oxygen atoms in total. The van der Waals surface area contributed by atoms with E-state index in [-0.39, 0.29) is 11.5 Å². The highest BCUT2D eigenvalue weighted by Gasteiger charge is 2.50. The molecule has 10 rings (SSSR count). The number of thiophene rings is 1. The second kappa shape index (κ2) is 9.56. The summed E-state index contributed by atoms with van der Waals surface area (Å²) in [6.45, 7) is 2.41. The van der Waals surface area contributed by atoms with Gasteiger partial charge in [0.2, 0.25) is 0 Å². The van der Waals surface area contributed by atoms with Crippen molar-refractivity contribution in [3.05, 3.63) is 169 Å². The number of allylic oxidation sites excluding steroid dienone is 2. The maximum absolute atomic E-state index is 2.55. The molecule has 2 atom stereocenters. The van der Waals surface area contributed by atoms with Gasteiger partial charge in [0.1, 0.15) is 0 Å². The van der Waals surface area contributed by atoms with Crippen LogP contribution in [0.25, 0.3) is 53.2 Å². The molecular weight excluding hydrogens is 577 g/mol. The highest BCUT2D eigenvalue weighted by molar-refractivity contribution is 7.26. The summed E-state index contributed by atoms with van der Waals surface area (Å²) in [7, 11) is 0. The van der Waals surface area contributed by atoms with Crippen molar-refractivity contribution >= 4 is 70.3 Å². The van der Waals surface area contributed by atoms with E-state index in [9.17, 15) is 0 Å². The van der Waals surface area contributed by atoms with Crippen LogP contribution in [-0.2, 0) is 0 Å². The van der Waals surface area contributed by atoms with Crippen LogP contribution in [0.1, 0.15) is 24.0 Å². The van der Waals surface area contributed by atoms with Crippen molar-refractivity contribution in [2.75, 3.05) is 4.90 Å². The summed E-state index contributed by atoms with van der Waals surface area (Å²) in [5.74, 6) is 0.155. The summed E-state index contributed by atoms with van der Waals surface area (Å²) >= 11 is 1.91. The standard InChI is InChI=1S/C43H30N2S/c1-43-26-14-22-30(41(43)32-20-9-12-24-36(32)45(43)29-17-6-3-7-18-29)34-27-38-40(33-21-10-13-25-37(33)46-38)42-39(34)31-19-8-11-23-35(31)44(42)28-15-4-2-5-16-28/h2-27,41H,1H3. The Kier molecular flexibility index (Phi) is 5.38. The SMILES string of the molecule is CC12C=CC=C(c3cc4sc5ccccc5c4c4c3c3ccccc3n4-c3ccccc3)C1c1ccccc1N2c1ccccc1. The van der Waals surface area contributed by atoms with Crippen LogP contribution < -0.4 is 4.90 Å². The molecule has 6 aromatic carbocycles. The zero-order valence-electron chi connectivity index (χ0n) is 25.4. The fraction of sp³-hybridized carbons (Fsp3) is 0.0698. The number of benzene rings is 6. The van der Waals surface area contributed by atoms with E-state index >= 15 is 0 Å². The predicted octanol–water partition coefficient (Wildman–Crippen LogP) is 11.8. The summed E-state index contributed by atoms with van der Waals surface area (Å²) in [5, 5.41) is 5.28. The van der Waals surface area contributed by atoms with Crippen LogP contribution in [0, 0.1) is 0 Å². The van der Waals surface area contributed by atoms with Gasteiger partial charge in [0, 0.05) is 53.9 Å². The van der Waals surface area contributed by atoms with Crippen LogP contribution >= 0.6 is 11.3 Å². The first-order valence-corrected chi connectivity index (χ1v) is 16.8. The third-order valence-electron chi connectivity index (χ3n) is 10.2. The van der Waals surface area contributed by atoms with E-state index in [2.05, 4.69) is 174 Å². The topological polar surface area (TPSA) is 8.17 Å². The number of nitrogens with zero attached hydrogens (tertiary/aromatic N) is 2. The van der Waals surface area contributed by atoms with E-state index in [4.69, 9.17) is 0 Å². The minimum atomic E-state index is -0.269. The molecule has 1 aliphatic carbocycles. The summed E-state index contributed by atoms with van der Waals surface area (Å²) < 4.78 is 5.16. The molecule has 0 fully saturated rings. The molecule has 0 amide bonds. The summed E-state index contributed by atoms with van der Waals surface area (Å²) in [6, 6.07) is 51.2. The first-order valence-electron chi connectivity index (χ1n) is 16.0. The van der Waals surface area contributed by atoms with Crippen LogP contribution in [0.3, 0.4) is 0 Å². The maximum Gasteiger partial charge on any atom is 0.0718 e. The number of para-hydroxylation sites is 4. The summed E-state index contributed by atoms with van der Waals surface area (Å²) in [6.07, 6.45) is 7.10. The molecule has 0 saturated heterocycles. The molecule has 0 radical (unpaired) electrons. The van der Waals surface area contributed by atoms with Crippen molar-refractivity contribution in [2.24, 2.45) is 0 Å². The lowest BCUT2D eigenvalue weighted by Gasteiger charge is -2.41. The minimum Gasteiger partial charge on any atom is -0.331 e. The zero-order valence-corrected chi connectivity index (χ0v) is 26.2. The van der Waals surface area contributed by atoms with Gasteiger partial charge in [0.05, 0.1) is 16.6 Å². The van der Waals surface area contributed by atoms with Crippen molar-refractivity contribution in [3.8, 4) is 5.69 Å². The Morgan fingerprint density at radius 1 is 0.630 bits per heavy atom. The maximum atomic E-state index is 2.55. The average Bonchev–Trinajstić information content (AvgIpc) is 3.74. The fourth-order valence-corrected chi connectivity index (χ4v) is 9.56. The van der Waals surface area contributed by atoms with Gasteiger partial charge in [-0.05, 0) is 72.2 Å². The molecule has 2 aliphatic rings. The Morgan fingerprint density at radius 3 is 2.13 bits per heavy atom. The van der Waals surface area contributed by atoms with Crippen LogP contribution in [0.15, 0.2) is 158 Å². The van der Waals surface area contributed by atoms with Crippen molar-refractivity contribution < 1.29 is 0 Å². The monoisotopic (exact) mass is 606 g/mol. The zero-order chi connectivity index (χ0) is 30.4. The fourth-order valence-electron chi connectivity index (χ4n) is 8.41. The lowest BCUT2D eigenvalue weighted by Crippen LogP contribution is -2.43. The third kappa shape index (κ3) is 3.41. The van der Waals surface area contributed by atoms with E-state index in [1.807, 2.05) is 11.3 Å². The van der Waals surface area contributed by atoms with Gasteiger partial charge in [0.25, 0.3) is 0 Å². The van der Waals surface area contributed by atoms with E-state index < -0.39 is 0 Å². The van der Waals surface area contributed by atoms with Crippen LogP contribution in [0.5, 0.6) is 0 Å². The number of rotatable bonds is 3. The lowest BCUT2D eigenvalue weighted by atomic mass is 9.72. The van der Waals surface area contributed by atoms with Gasteiger partial charge in [-0.1, -0.05) is 109 Å². The highest BCUT2D eigenvalue weighted by Crippen LogP contribution is 2.59. The molecule has 8 aromatic rings. The second-order valence-electron chi connectivity index (χ2n) is 12.7. The van der Waals surface area contributed by atoms with Crippen molar-refractivity contribution in [1.29, 1.82) is 0 Å². The molecule has 2 aromatic heterocycles. The number of hydrogen-bond donors (Lipinski definition) is 0. The first-order chi connectivity index (χ1) is 22.7. The van der Waals surface area contributed by atoms with E-state index in [0.717, 1.165) is 0 Å². The Bertz CT molecular complexity index is 2550. The molecule has 0 bridgehead atoms. The molecule has 218 valence electrons. The lowest BCUT2D eigenvalue weighted by molar-refractivity contribution is 0.552. The van der Waals surface area contributed by atoms with Crippen LogP contribution in [0.4, 0.5) is 11.4 Å². The molecular formula is C43H30N2S. The largest absolute Gasteiger partial charge is 0.331 e. The van der Waals surface area contributed by atoms with Crippen molar-refractivity contribution in [2.45, 2.75) is 18.4 Å². The van der Waals surface area contributed by atoms with Crippen LogP contribution in [0.2, 0.25) is 0 Å². The molecule has 2 unspecified atom stereocenters. The Morgan fingerprint density at radius 2 is 1.30 bits per heavy atom. The van der Waals surface area contributed by atoms with Gasteiger partial charge in [0.15, 0.2) is 0 Å². The van der Waals surface area contributed by atoms with E-state index in [1.54, 1.807) is 0 Å². The normalized spacial score (nSPS) is 18.8. The molecule has 3 heteroatoms. The molecule has 0 N–H and O–H groups in total. The molecule has 0 spiro atoms. The van der Waals surface area contributed by atoms with E-state index in [1.165, 1.54) is 75.7 Å². The van der Waals surface area contributed by atoms with Gasteiger partial charge in [-0.25, -0.2) is 0 Å². The van der Waals surface area contributed by atoms with Crippen molar-refractivity contribution in [1.82, 2.24) is 4.57 Å². The summed E-state index contributed by atoms with van der Waals surface area (Å²) in [4.78, 5) is 2.55. The quantitative estimate of drug-likeness (QED) is 0.194. The van der Waals surface area contributed by atoms with Gasteiger partial charge in [-0.3, -0.25) is 0 Å². The molecule has 1 aliphatic heterocycles.